The van der Waals surface area contributed by atoms with Crippen molar-refractivity contribution >= 4 is 11.5 Å². The van der Waals surface area contributed by atoms with Crippen LogP contribution in [0.15, 0.2) is 24.3 Å². The zero-order chi connectivity index (χ0) is 10.7. The summed E-state index contributed by atoms with van der Waals surface area (Å²) in [4.78, 5) is 11.0. The van der Waals surface area contributed by atoms with Crippen LogP contribution in [0.1, 0.15) is 36.5 Å². The van der Waals surface area contributed by atoms with Gasteiger partial charge in [0, 0.05) is 17.8 Å². The molecule has 0 heterocycles. The van der Waals surface area contributed by atoms with Crippen molar-refractivity contribution in [3.05, 3.63) is 29.8 Å². The van der Waals surface area contributed by atoms with E-state index in [2.05, 4.69) is 5.32 Å². The van der Waals surface area contributed by atoms with E-state index >= 15 is 0 Å². The van der Waals surface area contributed by atoms with Gasteiger partial charge in [-0.15, -0.1) is 0 Å². The molecule has 0 saturated heterocycles. The van der Waals surface area contributed by atoms with E-state index in [1.165, 1.54) is 19.3 Å². The summed E-state index contributed by atoms with van der Waals surface area (Å²) in [6, 6.07) is 7.71. The third kappa shape index (κ3) is 3.08. The lowest BCUT2D eigenvalue weighted by Crippen LogP contribution is -2.02. The van der Waals surface area contributed by atoms with Crippen molar-refractivity contribution in [1.29, 1.82) is 0 Å². The molecule has 2 rings (SSSR count). The van der Waals surface area contributed by atoms with Gasteiger partial charge in [0.05, 0.1) is 0 Å². The molecule has 0 bridgehead atoms. The van der Waals surface area contributed by atoms with E-state index in [1.807, 2.05) is 24.3 Å². The summed E-state index contributed by atoms with van der Waals surface area (Å²) in [5.74, 6) is 1.09. The van der Waals surface area contributed by atoms with Crippen molar-refractivity contribution in [2.24, 2.45) is 5.92 Å². The summed E-state index contributed by atoms with van der Waals surface area (Å²) in [6.45, 7) is 2.64. The van der Waals surface area contributed by atoms with Gasteiger partial charge >= 0.3 is 0 Å². The fourth-order valence-electron chi connectivity index (χ4n) is 1.65. The summed E-state index contributed by atoms with van der Waals surface area (Å²) in [5.41, 5.74) is 1.89. The second kappa shape index (κ2) is 4.47. The number of benzene rings is 1. The van der Waals surface area contributed by atoms with Crippen molar-refractivity contribution in [1.82, 2.24) is 0 Å². The highest BCUT2D eigenvalue weighted by molar-refractivity contribution is 5.94. The average molecular weight is 203 g/mol. The molecule has 2 heteroatoms. The second-order valence-electron chi connectivity index (χ2n) is 4.29. The normalized spacial score (nSPS) is 15.0. The Labute approximate surface area is 90.7 Å². The molecule has 0 atom stereocenters. The van der Waals surface area contributed by atoms with Crippen molar-refractivity contribution in [2.45, 2.75) is 26.2 Å². The van der Waals surface area contributed by atoms with Gasteiger partial charge in [-0.1, -0.05) is 12.8 Å². The quantitative estimate of drug-likeness (QED) is 0.745. The molecule has 1 fully saturated rings. The molecule has 0 amide bonds. The maximum atomic E-state index is 11.0. The summed E-state index contributed by atoms with van der Waals surface area (Å²) in [6.07, 6.45) is 4.09. The lowest BCUT2D eigenvalue weighted by atomic mass is 10.1. The van der Waals surface area contributed by atoms with Crippen LogP contribution in [0.4, 0.5) is 5.69 Å². The number of carbonyl (C=O) groups excluding carboxylic acids is 1. The Bertz CT molecular complexity index is 338. The van der Waals surface area contributed by atoms with E-state index in [4.69, 9.17) is 0 Å². The molecule has 0 aliphatic heterocycles. The third-order valence-corrected chi connectivity index (χ3v) is 2.87. The van der Waals surface area contributed by atoms with Crippen LogP contribution in [0.5, 0.6) is 0 Å². The molecule has 1 aromatic rings. The molecule has 1 saturated carbocycles. The van der Waals surface area contributed by atoms with E-state index < -0.39 is 0 Å². The molecule has 0 aromatic heterocycles. The zero-order valence-corrected chi connectivity index (χ0v) is 9.12. The third-order valence-electron chi connectivity index (χ3n) is 2.87. The van der Waals surface area contributed by atoms with Crippen LogP contribution in [0.2, 0.25) is 0 Å². The number of rotatable bonds is 5. The molecule has 1 aliphatic carbocycles. The van der Waals surface area contributed by atoms with Crippen LogP contribution in [-0.2, 0) is 0 Å². The number of carbonyl (C=O) groups is 1. The van der Waals surface area contributed by atoms with Gasteiger partial charge in [0.1, 0.15) is 0 Å². The number of ketones is 1. The molecular weight excluding hydrogens is 186 g/mol. The monoisotopic (exact) mass is 203 g/mol. The van der Waals surface area contributed by atoms with E-state index in [9.17, 15) is 4.79 Å². The molecular formula is C13H17NO. The first-order chi connectivity index (χ1) is 7.25. The van der Waals surface area contributed by atoms with Crippen molar-refractivity contribution in [2.75, 3.05) is 11.9 Å². The summed E-state index contributed by atoms with van der Waals surface area (Å²) in [5, 5.41) is 3.37. The Kier molecular flexibility index (Phi) is 3.05. The molecule has 1 N–H and O–H groups in total. The van der Waals surface area contributed by atoms with Crippen molar-refractivity contribution in [3.63, 3.8) is 0 Å². The van der Waals surface area contributed by atoms with Crippen molar-refractivity contribution in [3.8, 4) is 0 Å². The smallest absolute Gasteiger partial charge is 0.159 e. The number of hydrogen-bond donors (Lipinski definition) is 1. The molecule has 0 radical (unpaired) electrons. The highest BCUT2D eigenvalue weighted by Gasteiger charge is 2.19. The van der Waals surface area contributed by atoms with Gasteiger partial charge in [-0.3, -0.25) is 4.79 Å². The first-order valence-electron chi connectivity index (χ1n) is 5.60. The highest BCUT2D eigenvalue weighted by atomic mass is 16.1. The molecule has 15 heavy (non-hydrogen) atoms. The molecule has 0 unspecified atom stereocenters. The predicted molar refractivity (Wildman–Crippen MR) is 62.3 cm³/mol. The largest absolute Gasteiger partial charge is 0.385 e. The summed E-state index contributed by atoms with van der Waals surface area (Å²) in [7, 11) is 0. The summed E-state index contributed by atoms with van der Waals surface area (Å²) < 4.78 is 0. The lowest BCUT2D eigenvalue weighted by molar-refractivity contribution is 0.101. The van der Waals surface area contributed by atoms with E-state index in [1.54, 1.807) is 6.92 Å². The van der Waals surface area contributed by atoms with Crippen LogP contribution in [0.3, 0.4) is 0 Å². The van der Waals surface area contributed by atoms with Gasteiger partial charge < -0.3 is 5.32 Å². The molecule has 1 aromatic carbocycles. The Morgan fingerprint density at radius 1 is 1.33 bits per heavy atom. The summed E-state index contributed by atoms with van der Waals surface area (Å²) >= 11 is 0. The van der Waals surface area contributed by atoms with Crippen LogP contribution in [-0.4, -0.2) is 12.3 Å². The molecule has 2 nitrogen and oxygen atoms in total. The Morgan fingerprint density at radius 3 is 2.53 bits per heavy atom. The van der Waals surface area contributed by atoms with Gasteiger partial charge in [0.2, 0.25) is 0 Å². The van der Waals surface area contributed by atoms with Gasteiger partial charge in [-0.2, -0.15) is 0 Å². The van der Waals surface area contributed by atoms with E-state index in [0.717, 1.165) is 23.7 Å². The number of anilines is 1. The lowest BCUT2D eigenvalue weighted by Gasteiger charge is -2.05. The number of nitrogens with one attached hydrogen (secondary N) is 1. The van der Waals surface area contributed by atoms with Gasteiger partial charge in [-0.25, -0.2) is 0 Å². The van der Waals surface area contributed by atoms with Crippen LogP contribution >= 0.6 is 0 Å². The minimum absolute atomic E-state index is 0.125. The molecule has 80 valence electrons. The highest BCUT2D eigenvalue weighted by Crippen LogP contribution is 2.32. The number of Topliss-reactive ketones (excluding diaryl/α,β-unsaturated/α-hetero) is 1. The topological polar surface area (TPSA) is 29.1 Å². The fourth-order valence-corrected chi connectivity index (χ4v) is 1.65. The van der Waals surface area contributed by atoms with Gasteiger partial charge in [0.25, 0.3) is 0 Å². The maximum absolute atomic E-state index is 11.0. The first kappa shape index (κ1) is 10.2. The predicted octanol–water partition coefficient (Wildman–Crippen LogP) is 3.10. The zero-order valence-electron chi connectivity index (χ0n) is 9.12. The average Bonchev–Trinajstić information content (AvgIpc) is 3.02. The van der Waals surface area contributed by atoms with E-state index in [0.29, 0.717) is 0 Å². The van der Waals surface area contributed by atoms with Gasteiger partial charge in [0.15, 0.2) is 5.78 Å². The fraction of sp³-hybridized carbons (Fsp3) is 0.462. The first-order valence-corrected chi connectivity index (χ1v) is 5.60. The SMILES string of the molecule is CC(=O)c1ccc(NCCC2CC2)cc1. The Balaban J connectivity index is 1.83. The second-order valence-corrected chi connectivity index (χ2v) is 4.29. The van der Waals surface area contributed by atoms with Gasteiger partial charge in [-0.05, 0) is 43.5 Å². The number of hydrogen-bond acceptors (Lipinski definition) is 2. The standard InChI is InChI=1S/C13H17NO/c1-10(15)12-4-6-13(7-5-12)14-9-8-11-2-3-11/h4-7,11,14H,2-3,8-9H2,1H3. The van der Waals surface area contributed by atoms with Crippen LogP contribution in [0.25, 0.3) is 0 Å². The van der Waals surface area contributed by atoms with E-state index in [-0.39, 0.29) is 5.78 Å². The minimum Gasteiger partial charge on any atom is -0.385 e. The van der Waals surface area contributed by atoms with Crippen LogP contribution in [0, 0.1) is 5.92 Å². The molecule has 0 spiro atoms. The Hall–Kier alpha value is -1.31. The van der Waals surface area contributed by atoms with Crippen molar-refractivity contribution < 1.29 is 4.79 Å². The Morgan fingerprint density at radius 2 is 2.00 bits per heavy atom. The maximum Gasteiger partial charge on any atom is 0.159 e. The van der Waals surface area contributed by atoms with Crippen LogP contribution < -0.4 is 5.32 Å². The molecule has 1 aliphatic rings. The minimum atomic E-state index is 0.125.